The highest BCUT2D eigenvalue weighted by Gasteiger charge is 2.28. The molecule has 122 valence electrons. The Kier molecular flexibility index (Phi) is 4.60. The van der Waals surface area contributed by atoms with E-state index in [-0.39, 0.29) is 11.9 Å². The summed E-state index contributed by atoms with van der Waals surface area (Å²) in [5.41, 5.74) is 2.39. The number of aryl methyl sites for hydroxylation is 1. The highest BCUT2D eigenvalue weighted by molar-refractivity contribution is 5.80. The van der Waals surface area contributed by atoms with Crippen LogP contribution in [0.25, 0.3) is 0 Å². The number of amides is 1. The number of hydrogen-bond acceptors (Lipinski definition) is 4. The first-order chi connectivity index (χ1) is 11.2. The number of piperazine rings is 1. The minimum Gasteiger partial charge on any atom is -0.368 e. The van der Waals surface area contributed by atoms with Gasteiger partial charge in [-0.15, -0.1) is 0 Å². The van der Waals surface area contributed by atoms with E-state index in [0.717, 1.165) is 32.6 Å². The monoisotopic (exact) mass is 313 g/mol. The molecule has 6 nitrogen and oxygen atoms in total. The molecular weight excluding hydrogens is 290 g/mol. The van der Waals surface area contributed by atoms with Gasteiger partial charge in [0, 0.05) is 56.7 Å². The number of anilines is 1. The quantitative estimate of drug-likeness (QED) is 0.865. The first-order valence-electron chi connectivity index (χ1n) is 8.14. The number of aromatic nitrogens is 3. The predicted molar refractivity (Wildman–Crippen MR) is 89.3 cm³/mol. The van der Waals surface area contributed by atoms with Crippen molar-refractivity contribution in [1.29, 1.82) is 0 Å². The lowest BCUT2D eigenvalue weighted by atomic mass is 10.1. The third kappa shape index (κ3) is 3.21. The van der Waals surface area contributed by atoms with E-state index >= 15 is 0 Å². The standard InChI is InChI=1S/C17H23N5O/c1-3-15(22-8-4-6-19-22)17(23)21-11-9-20(10-12-21)16-5-7-18-13-14(16)2/h4-8,13,15H,3,9-12H2,1-2H3. The first-order valence-corrected chi connectivity index (χ1v) is 8.14. The van der Waals surface area contributed by atoms with Gasteiger partial charge in [-0.3, -0.25) is 14.5 Å². The Morgan fingerprint density at radius 3 is 2.65 bits per heavy atom. The Morgan fingerprint density at radius 1 is 1.26 bits per heavy atom. The molecule has 0 N–H and O–H groups in total. The van der Waals surface area contributed by atoms with Gasteiger partial charge in [-0.05, 0) is 31.0 Å². The molecule has 0 bridgehead atoms. The molecule has 23 heavy (non-hydrogen) atoms. The summed E-state index contributed by atoms with van der Waals surface area (Å²) in [7, 11) is 0. The van der Waals surface area contributed by atoms with Crippen LogP contribution in [0.15, 0.2) is 36.9 Å². The Balaban J connectivity index is 1.64. The summed E-state index contributed by atoms with van der Waals surface area (Å²) in [5, 5.41) is 4.23. The molecule has 3 rings (SSSR count). The summed E-state index contributed by atoms with van der Waals surface area (Å²) in [6.45, 7) is 7.31. The van der Waals surface area contributed by atoms with Gasteiger partial charge in [0.25, 0.3) is 0 Å². The lowest BCUT2D eigenvalue weighted by Crippen LogP contribution is -2.50. The SMILES string of the molecule is CCC(C(=O)N1CCN(c2ccncc2C)CC1)n1cccn1. The fourth-order valence-electron chi connectivity index (χ4n) is 3.14. The molecule has 0 aliphatic carbocycles. The van der Waals surface area contributed by atoms with Crippen molar-refractivity contribution >= 4 is 11.6 Å². The van der Waals surface area contributed by atoms with Crippen LogP contribution in [0.4, 0.5) is 5.69 Å². The van der Waals surface area contributed by atoms with Gasteiger partial charge in [0.1, 0.15) is 6.04 Å². The average molecular weight is 313 g/mol. The fourth-order valence-corrected chi connectivity index (χ4v) is 3.14. The van der Waals surface area contributed by atoms with E-state index in [1.54, 1.807) is 10.9 Å². The number of carbonyl (C=O) groups excluding carboxylic acids is 1. The largest absolute Gasteiger partial charge is 0.368 e. The molecule has 1 aliphatic rings. The van der Waals surface area contributed by atoms with Crippen LogP contribution in [-0.2, 0) is 4.79 Å². The van der Waals surface area contributed by atoms with Crippen molar-refractivity contribution in [2.75, 3.05) is 31.1 Å². The Labute approximate surface area is 136 Å². The Bertz CT molecular complexity index is 647. The van der Waals surface area contributed by atoms with E-state index in [4.69, 9.17) is 0 Å². The lowest BCUT2D eigenvalue weighted by molar-refractivity contribution is -0.135. The van der Waals surface area contributed by atoms with Gasteiger partial charge in [0.2, 0.25) is 5.91 Å². The summed E-state index contributed by atoms with van der Waals surface area (Å²) in [6.07, 6.45) is 8.05. The molecule has 1 amide bonds. The fraction of sp³-hybridized carbons (Fsp3) is 0.471. The van der Waals surface area contributed by atoms with Crippen LogP contribution in [0, 0.1) is 6.92 Å². The summed E-state index contributed by atoms with van der Waals surface area (Å²) in [5.74, 6) is 0.169. The van der Waals surface area contributed by atoms with Crippen LogP contribution < -0.4 is 4.90 Å². The van der Waals surface area contributed by atoms with E-state index in [2.05, 4.69) is 21.9 Å². The van der Waals surface area contributed by atoms with Crippen LogP contribution in [-0.4, -0.2) is 51.8 Å². The second-order valence-electron chi connectivity index (χ2n) is 5.88. The van der Waals surface area contributed by atoms with Crippen molar-refractivity contribution in [1.82, 2.24) is 19.7 Å². The van der Waals surface area contributed by atoms with Crippen molar-refractivity contribution in [3.8, 4) is 0 Å². The third-order valence-electron chi connectivity index (χ3n) is 4.44. The average Bonchev–Trinajstić information content (AvgIpc) is 3.10. The highest BCUT2D eigenvalue weighted by atomic mass is 16.2. The maximum Gasteiger partial charge on any atom is 0.247 e. The number of carbonyl (C=O) groups is 1. The lowest BCUT2D eigenvalue weighted by Gasteiger charge is -2.38. The van der Waals surface area contributed by atoms with Crippen molar-refractivity contribution < 1.29 is 4.79 Å². The molecule has 0 saturated carbocycles. The minimum atomic E-state index is -0.195. The van der Waals surface area contributed by atoms with Gasteiger partial charge < -0.3 is 9.80 Å². The van der Waals surface area contributed by atoms with Gasteiger partial charge in [-0.25, -0.2) is 0 Å². The summed E-state index contributed by atoms with van der Waals surface area (Å²) >= 11 is 0. The van der Waals surface area contributed by atoms with Gasteiger partial charge in [0.05, 0.1) is 0 Å². The number of hydrogen-bond donors (Lipinski definition) is 0. The van der Waals surface area contributed by atoms with Crippen molar-refractivity contribution in [3.63, 3.8) is 0 Å². The van der Waals surface area contributed by atoms with Crippen LogP contribution in [0.2, 0.25) is 0 Å². The molecule has 1 aliphatic heterocycles. The van der Waals surface area contributed by atoms with E-state index in [1.165, 1.54) is 11.3 Å². The summed E-state index contributed by atoms with van der Waals surface area (Å²) in [6, 6.07) is 3.71. The summed E-state index contributed by atoms with van der Waals surface area (Å²) < 4.78 is 1.77. The molecule has 0 aromatic carbocycles. The van der Waals surface area contributed by atoms with Gasteiger partial charge in [-0.2, -0.15) is 5.10 Å². The number of pyridine rings is 1. The summed E-state index contributed by atoms with van der Waals surface area (Å²) in [4.78, 5) is 21.2. The number of rotatable bonds is 4. The van der Waals surface area contributed by atoms with E-state index in [9.17, 15) is 4.79 Å². The molecular formula is C17H23N5O. The second-order valence-corrected chi connectivity index (χ2v) is 5.88. The van der Waals surface area contributed by atoms with E-state index in [1.807, 2.05) is 42.5 Å². The van der Waals surface area contributed by atoms with E-state index < -0.39 is 0 Å². The smallest absolute Gasteiger partial charge is 0.247 e. The van der Waals surface area contributed by atoms with Crippen LogP contribution in [0.1, 0.15) is 24.9 Å². The molecule has 1 unspecified atom stereocenters. The van der Waals surface area contributed by atoms with Gasteiger partial charge in [-0.1, -0.05) is 6.92 Å². The second kappa shape index (κ2) is 6.81. The molecule has 0 spiro atoms. The molecule has 0 radical (unpaired) electrons. The third-order valence-corrected chi connectivity index (χ3v) is 4.44. The first kappa shape index (κ1) is 15.5. The normalized spacial score (nSPS) is 16.4. The van der Waals surface area contributed by atoms with Gasteiger partial charge in [0.15, 0.2) is 0 Å². The molecule has 3 heterocycles. The molecule has 1 fully saturated rings. The molecule has 2 aromatic rings. The zero-order valence-electron chi connectivity index (χ0n) is 13.7. The van der Waals surface area contributed by atoms with E-state index in [0.29, 0.717) is 0 Å². The zero-order chi connectivity index (χ0) is 16.2. The Hall–Kier alpha value is -2.37. The number of nitrogens with zero attached hydrogens (tertiary/aromatic N) is 5. The maximum absolute atomic E-state index is 12.8. The molecule has 1 atom stereocenters. The van der Waals surface area contributed by atoms with Crippen molar-refractivity contribution in [2.45, 2.75) is 26.3 Å². The maximum atomic E-state index is 12.8. The van der Waals surface area contributed by atoms with Crippen molar-refractivity contribution in [3.05, 3.63) is 42.5 Å². The zero-order valence-corrected chi connectivity index (χ0v) is 13.7. The minimum absolute atomic E-state index is 0.169. The van der Waals surface area contributed by atoms with Crippen LogP contribution in [0.3, 0.4) is 0 Å². The molecule has 1 saturated heterocycles. The topological polar surface area (TPSA) is 54.3 Å². The Morgan fingerprint density at radius 2 is 2.04 bits per heavy atom. The van der Waals surface area contributed by atoms with Gasteiger partial charge >= 0.3 is 0 Å². The highest BCUT2D eigenvalue weighted by Crippen LogP contribution is 2.21. The molecule has 2 aromatic heterocycles. The van der Waals surface area contributed by atoms with Crippen LogP contribution in [0.5, 0.6) is 0 Å². The molecule has 6 heteroatoms. The predicted octanol–water partition coefficient (Wildman–Crippen LogP) is 1.89. The van der Waals surface area contributed by atoms with Crippen molar-refractivity contribution in [2.24, 2.45) is 0 Å². The van der Waals surface area contributed by atoms with Crippen LogP contribution >= 0.6 is 0 Å².